The number of hydrogen-bond acceptors (Lipinski definition) is 27. The number of amides is 2. The van der Waals surface area contributed by atoms with Gasteiger partial charge in [-0.3, -0.25) is 30.0 Å². The van der Waals surface area contributed by atoms with Crippen LogP contribution in [0.2, 0.25) is 20.1 Å². The Kier molecular flexibility index (Phi) is 32.1. The number of likely N-dealkylation sites (tertiary alicyclic amines) is 3. The van der Waals surface area contributed by atoms with E-state index >= 15 is 0 Å². The van der Waals surface area contributed by atoms with E-state index in [1.807, 2.05) is 55.8 Å². The minimum atomic E-state index is -4.63. The summed E-state index contributed by atoms with van der Waals surface area (Å²) in [5.41, 5.74) is 21.4. The SMILES string of the molecule is CNC1(C(=O)N2CCC(c3cc(C)c(Nc4ncc(Cl)c(Nc5cc(C)[nH]n5)n4)cc3C)CC2)CC1.Cc1cc(Nc2nc(Nc3cc(C(F)(F)F)c(C4CCNCC4)cc3F)ncc2Cl)n[nH]1.Cc1cc(Nc2nc(Nc3cc(C)c(C4CCN(C(=O)C(C)(C)N)CC4)cc3C)ncc2Cl)n[nH]1.Cc1cc(Nc2nc(Nc3cc(C)c(C4CCN(C5CCOCC5)CC4)cc3C)ncc2Cl)n[nH]1. The van der Waals surface area contributed by atoms with Gasteiger partial charge in [0, 0.05) is 110 Å². The minimum Gasteiger partial charge on any atom is -0.381 e. The molecular formula is C97H120Cl4F4N30O3. The second-order valence-corrected chi connectivity index (χ2v) is 38.8. The molecule has 5 saturated heterocycles. The Balaban J connectivity index is 0.000000140. The molecule has 0 spiro atoms. The lowest BCUT2D eigenvalue weighted by Crippen LogP contribution is -2.53. The van der Waals surface area contributed by atoms with Gasteiger partial charge in [0.1, 0.15) is 25.9 Å². The Morgan fingerprint density at radius 1 is 0.428 bits per heavy atom. The lowest BCUT2D eigenvalue weighted by Gasteiger charge is -2.39. The molecule has 18 rings (SSSR count). The van der Waals surface area contributed by atoms with Crippen molar-refractivity contribution in [3.05, 3.63) is 207 Å². The summed E-state index contributed by atoms with van der Waals surface area (Å²) in [6.07, 6.45) is 12.9. The molecular weight excluding hydrogens is 1850 g/mol. The van der Waals surface area contributed by atoms with Crippen LogP contribution in [0.3, 0.4) is 0 Å². The van der Waals surface area contributed by atoms with E-state index in [4.69, 9.17) is 56.9 Å². The van der Waals surface area contributed by atoms with Crippen molar-refractivity contribution in [2.45, 2.75) is 207 Å². The molecule has 6 fully saturated rings. The Bertz CT molecular complexity index is 6280. The minimum absolute atomic E-state index is 0.0163. The third-order valence-electron chi connectivity index (χ3n) is 26.1. The number of likely N-dealkylation sites (N-methyl/N-ethyl adjacent to an activating group) is 1. The number of aromatic amines is 4. The highest BCUT2D eigenvalue weighted by Gasteiger charge is 2.51. The smallest absolute Gasteiger partial charge is 0.381 e. The van der Waals surface area contributed by atoms with Crippen LogP contribution in [0.5, 0.6) is 0 Å². The second kappa shape index (κ2) is 44.0. The number of benzene rings is 4. The number of alkyl halides is 3. The van der Waals surface area contributed by atoms with E-state index in [2.05, 4.69) is 217 Å². The number of carbonyl (C=O) groups excluding carboxylic acids is 2. The lowest BCUT2D eigenvalue weighted by molar-refractivity contribution is -0.138. The zero-order valence-corrected chi connectivity index (χ0v) is 82.7. The molecule has 1 aliphatic carbocycles. The van der Waals surface area contributed by atoms with Crippen molar-refractivity contribution in [1.82, 2.24) is 106 Å². The summed E-state index contributed by atoms with van der Waals surface area (Å²) >= 11 is 25.0. The van der Waals surface area contributed by atoms with Gasteiger partial charge in [-0.1, -0.05) is 64.6 Å². The number of aromatic nitrogens is 16. The number of aryl methyl sites for hydroxylation is 10. The number of ether oxygens (including phenoxy) is 1. The van der Waals surface area contributed by atoms with Gasteiger partial charge in [-0.05, 0) is 303 Å². The number of piperidine rings is 4. The van der Waals surface area contributed by atoms with E-state index in [1.165, 1.54) is 83.9 Å². The van der Waals surface area contributed by atoms with Gasteiger partial charge in [0.25, 0.3) is 0 Å². The molecule has 138 heavy (non-hydrogen) atoms. The largest absolute Gasteiger partial charge is 0.416 e. The fourth-order valence-corrected chi connectivity index (χ4v) is 19.0. The number of hydrogen-bond donors (Lipinski definition) is 15. The van der Waals surface area contributed by atoms with Crippen LogP contribution in [0.15, 0.2) is 97.6 Å². The predicted molar refractivity (Wildman–Crippen MR) is 536 cm³/mol. The molecule has 2 amide bonds. The first kappa shape index (κ1) is 101. The maximum atomic E-state index is 14.8. The van der Waals surface area contributed by atoms with E-state index in [-0.39, 0.29) is 51.3 Å². The fourth-order valence-electron chi connectivity index (χ4n) is 18.4. The first-order valence-corrected chi connectivity index (χ1v) is 48.1. The van der Waals surface area contributed by atoms with E-state index < -0.39 is 23.1 Å². The van der Waals surface area contributed by atoms with Gasteiger partial charge in [0.15, 0.2) is 46.5 Å². The van der Waals surface area contributed by atoms with Crippen LogP contribution >= 0.6 is 46.4 Å². The van der Waals surface area contributed by atoms with Crippen molar-refractivity contribution in [3.63, 3.8) is 0 Å². The molecule has 12 aromatic rings. The summed E-state index contributed by atoms with van der Waals surface area (Å²) in [6.45, 7) is 32.4. The Labute approximate surface area is 819 Å². The van der Waals surface area contributed by atoms with Crippen molar-refractivity contribution < 1.29 is 31.9 Å². The number of nitrogens with two attached hydrogens (primary N) is 1. The average molecular weight is 1970 g/mol. The third kappa shape index (κ3) is 25.4. The molecule has 0 unspecified atom stereocenters. The molecule has 0 bridgehead atoms. The van der Waals surface area contributed by atoms with Crippen molar-refractivity contribution in [3.8, 4) is 0 Å². The summed E-state index contributed by atoms with van der Waals surface area (Å²) in [5.74, 6) is 5.85. The first-order valence-electron chi connectivity index (χ1n) is 46.6. The predicted octanol–water partition coefficient (Wildman–Crippen LogP) is 20.3. The lowest BCUT2D eigenvalue weighted by atomic mass is 9.85. The van der Waals surface area contributed by atoms with Crippen LogP contribution in [0.1, 0.15) is 199 Å². The van der Waals surface area contributed by atoms with Gasteiger partial charge >= 0.3 is 6.18 Å². The molecule has 1 saturated carbocycles. The first-order chi connectivity index (χ1) is 65.9. The maximum absolute atomic E-state index is 14.8. The number of anilines is 16. The summed E-state index contributed by atoms with van der Waals surface area (Å²) in [4.78, 5) is 66.8. The third-order valence-corrected chi connectivity index (χ3v) is 27.3. The molecule has 13 heterocycles. The highest BCUT2D eigenvalue weighted by molar-refractivity contribution is 6.34. The van der Waals surface area contributed by atoms with Crippen molar-refractivity contribution in [2.75, 3.05) is 115 Å². The molecule has 5 aliphatic heterocycles. The number of nitrogens with one attached hydrogen (secondary N) is 14. The fraction of sp³-hybridized carbons (Fsp3) is 0.443. The van der Waals surface area contributed by atoms with E-state index in [9.17, 15) is 27.2 Å². The highest BCUT2D eigenvalue weighted by Crippen LogP contribution is 2.45. The molecule has 4 aromatic carbocycles. The van der Waals surface area contributed by atoms with Gasteiger partial charge in [-0.25, -0.2) is 24.3 Å². The Morgan fingerprint density at radius 3 is 1.08 bits per heavy atom. The summed E-state index contributed by atoms with van der Waals surface area (Å²) in [5, 5.41) is 60.6. The topological polar surface area (TPSA) is 417 Å². The van der Waals surface area contributed by atoms with Crippen LogP contribution in [0.25, 0.3) is 0 Å². The summed E-state index contributed by atoms with van der Waals surface area (Å²) in [7, 11) is 1.89. The zero-order chi connectivity index (χ0) is 98.0. The van der Waals surface area contributed by atoms with Gasteiger partial charge in [-0.15, -0.1) is 0 Å². The summed E-state index contributed by atoms with van der Waals surface area (Å²) in [6, 6.07) is 23.1. The molecule has 16 N–H and O–H groups in total. The van der Waals surface area contributed by atoms with Crippen LogP contribution in [-0.2, 0) is 20.5 Å². The van der Waals surface area contributed by atoms with E-state index in [1.54, 1.807) is 45.4 Å². The van der Waals surface area contributed by atoms with Gasteiger partial charge < -0.3 is 78.3 Å². The zero-order valence-electron chi connectivity index (χ0n) is 79.7. The number of halogens is 8. The number of rotatable bonds is 24. The number of H-pyrrole nitrogens is 4. The highest BCUT2D eigenvalue weighted by atomic mass is 35.5. The average Bonchev–Trinajstić information content (AvgIpc) is 1.32. The molecule has 0 atom stereocenters. The molecule has 41 heteroatoms. The molecule has 732 valence electrons. The molecule has 33 nitrogen and oxygen atoms in total. The van der Waals surface area contributed by atoms with Gasteiger partial charge in [0.2, 0.25) is 35.6 Å². The normalized spacial score (nSPS) is 16.3. The molecule has 6 aliphatic rings. The molecule has 0 radical (unpaired) electrons. The van der Waals surface area contributed by atoms with Gasteiger partial charge in [-0.2, -0.15) is 53.5 Å². The quantitative estimate of drug-likeness (QED) is 0.0250. The van der Waals surface area contributed by atoms with Crippen LogP contribution < -0.4 is 58.9 Å². The van der Waals surface area contributed by atoms with Crippen LogP contribution in [0, 0.1) is 75.1 Å². The van der Waals surface area contributed by atoms with Crippen molar-refractivity contribution >= 4 is 151 Å². The maximum Gasteiger partial charge on any atom is 0.416 e. The van der Waals surface area contributed by atoms with Crippen molar-refractivity contribution in [2.24, 2.45) is 5.73 Å². The van der Waals surface area contributed by atoms with Crippen molar-refractivity contribution in [1.29, 1.82) is 0 Å². The second-order valence-electron chi connectivity index (χ2n) is 37.2. The van der Waals surface area contributed by atoms with Gasteiger partial charge in [0.05, 0.1) is 47.1 Å². The van der Waals surface area contributed by atoms with E-state index in [0.717, 1.165) is 141 Å². The van der Waals surface area contributed by atoms with Crippen LogP contribution in [0.4, 0.5) is 111 Å². The Hall–Kier alpha value is -11.9. The molecule has 8 aromatic heterocycles. The monoisotopic (exact) mass is 1970 g/mol. The Morgan fingerprint density at radius 2 is 0.761 bits per heavy atom. The standard InChI is InChI=1S/C26H33ClN8O.C26H34ClN7O.C25H33ClN8O.C20H20ClF4N7/c1-15-12-21(30-25-29-14-20(27)23(32-25)31-22-13-17(3)33-34-22)16(2)11-19(15)18-5-9-35(10-6-18)24(36)26(28-4)7-8-26;1-16-13-23(29-26-28-15-22(27)25(31-26)30-24-14-18(3)32-33-24)17(2)12-21(16)19-4-8-34(9-5-19)20-6-10-35-11-7-20;1-14-11-20(29-24-28-13-19(26)22(31-24)30-21-12-16(3)32-33-21)15(2)10-18(14)17-6-8-34(9-7-17)23(35)25(4,5)27;1-10-6-17(32-31-10)29-18-14(21)9-27-19(30-18)28-16-8-13(20(23,24)25)12(7-15(16)22)11-2-4-26-5-3-11/h11-14,18,28H,5-10H2,1-4H3,(H3,29,30,31,32,33,34);12-15,19-20H,4-11H2,1-3H3,(H3,28,29,30,31,32,33);10-13,17H,6-9,27H2,1-5H3,(H3,28,29,30,31,32,33);6-9,11,26H,2-5H2,1H3,(H3,27,28,29,30,31,32). The summed E-state index contributed by atoms with van der Waals surface area (Å²) < 4.78 is 61.7. The number of carbonyl (C=O) groups is 2. The van der Waals surface area contributed by atoms with E-state index in [0.29, 0.717) is 123 Å². The van der Waals surface area contributed by atoms with Crippen LogP contribution in [-0.4, -0.2) is 197 Å². The number of nitrogens with zero attached hydrogens (tertiary/aromatic N) is 15.